The summed E-state index contributed by atoms with van der Waals surface area (Å²) in [6.07, 6.45) is 9.20. The molecule has 0 aliphatic heterocycles. The molecule has 3 heterocycles. The number of pyridine rings is 3. The van der Waals surface area contributed by atoms with Crippen LogP contribution in [0.15, 0.2) is 72.8 Å². The molecule has 2 aliphatic rings. The first-order valence-electron chi connectivity index (χ1n) is 18.6. The Morgan fingerprint density at radius 1 is 0.545 bits per heavy atom. The zero-order chi connectivity index (χ0) is 39.1. The van der Waals surface area contributed by atoms with Crippen LogP contribution in [0.2, 0.25) is 20.2 Å². The van der Waals surface area contributed by atoms with Gasteiger partial charge in [0.1, 0.15) is 28.3 Å². The van der Waals surface area contributed by atoms with Gasteiger partial charge in [-0.25, -0.2) is 15.0 Å². The van der Waals surface area contributed by atoms with Gasteiger partial charge in [-0.3, -0.25) is 0 Å². The summed E-state index contributed by atoms with van der Waals surface area (Å²) in [5.74, 6) is 3.06. The lowest BCUT2D eigenvalue weighted by molar-refractivity contribution is 0.385. The van der Waals surface area contributed by atoms with E-state index in [1.165, 1.54) is 19.3 Å². The van der Waals surface area contributed by atoms with Gasteiger partial charge in [0.15, 0.2) is 0 Å². The summed E-state index contributed by atoms with van der Waals surface area (Å²) < 4.78 is 10.4. The quantitative estimate of drug-likeness (QED) is 0.121. The zero-order valence-electron chi connectivity index (χ0n) is 31.2. The number of anilines is 2. The topological polar surface area (TPSA) is 133 Å². The molecular formula is C42H47Cl4N7O2. The predicted molar refractivity (Wildman–Crippen MR) is 231 cm³/mol. The predicted octanol–water partition coefficient (Wildman–Crippen LogP) is 11.0. The number of methoxy groups -OCH3 is 2. The molecular weight excluding hydrogens is 776 g/mol. The summed E-state index contributed by atoms with van der Waals surface area (Å²) in [7, 11) is 3.25. The number of aromatic nitrogens is 3. The third-order valence-corrected chi connectivity index (χ3v) is 11.3. The summed E-state index contributed by atoms with van der Waals surface area (Å²) in [5.41, 5.74) is 14.9. The number of halogens is 4. The molecule has 13 heteroatoms. The highest BCUT2D eigenvalue weighted by Crippen LogP contribution is 2.32. The molecule has 0 unspecified atom stereocenters. The maximum atomic E-state index is 6.57. The lowest BCUT2D eigenvalue weighted by Gasteiger charge is -2.33. The Labute approximate surface area is 342 Å². The van der Waals surface area contributed by atoms with E-state index in [0.717, 1.165) is 93.5 Å². The fourth-order valence-electron chi connectivity index (χ4n) is 7.04. The number of hydrogen-bond acceptors (Lipinski definition) is 9. The zero-order valence-corrected chi connectivity index (χ0v) is 34.2. The second-order valence-corrected chi connectivity index (χ2v) is 15.7. The van der Waals surface area contributed by atoms with Crippen molar-refractivity contribution in [1.29, 1.82) is 0 Å². The fraction of sp³-hybridized carbons (Fsp3) is 0.357. The highest BCUT2D eigenvalue weighted by Gasteiger charge is 2.26. The molecule has 0 amide bonds. The van der Waals surface area contributed by atoms with E-state index in [-0.39, 0.29) is 24.2 Å². The Morgan fingerprint density at radius 3 is 1.44 bits per heavy atom. The summed E-state index contributed by atoms with van der Waals surface area (Å²) >= 11 is 24.9. The normalized spacial score (nSPS) is 19.5. The van der Waals surface area contributed by atoms with Crippen molar-refractivity contribution in [3.8, 4) is 11.5 Å². The molecule has 2 saturated carbocycles. The SMILES string of the molecule is COc1ccc2c(Cl)cc(Cl)nc2c1.COc1ccc2c(Cl)cc(N[C@@H]3CCCC[C@H]3Nc3cc(Cl)c4ccc(C)cc4n3)nc2c1.N[C@@H]1CCCC[C@H]1N. The molecule has 8 rings (SSSR count). The van der Waals surface area contributed by atoms with Crippen LogP contribution in [0.4, 0.5) is 11.6 Å². The van der Waals surface area contributed by atoms with Crippen molar-refractivity contribution in [3.05, 3.63) is 98.6 Å². The van der Waals surface area contributed by atoms with Crippen molar-refractivity contribution >= 4 is 90.7 Å². The first-order chi connectivity index (χ1) is 26.5. The molecule has 0 bridgehead atoms. The molecule has 9 nitrogen and oxygen atoms in total. The number of rotatable bonds is 6. The van der Waals surface area contributed by atoms with Gasteiger partial charge in [-0.05, 0) is 86.7 Å². The molecule has 2 aliphatic carbocycles. The van der Waals surface area contributed by atoms with Crippen molar-refractivity contribution in [1.82, 2.24) is 15.0 Å². The van der Waals surface area contributed by atoms with Crippen LogP contribution < -0.4 is 31.6 Å². The van der Waals surface area contributed by atoms with Gasteiger partial charge < -0.3 is 31.6 Å². The number of hydrogen-bond donors (Lipinski definition) is 4. The third kappa shape index (κ3) is 10.5. The van der Waals surface area contributed by atoms with Crippen LogP contribution in [0.1, 0.15) is 56.9 Å². The molecule has 6 aromatic rings. The Morgan fingerprint density at radius 2 is 0.964 bits per heavy atom. The lowest BCUT2D eigenvalue weighted by Crippen LogP contribution is -2.43. The van der Waals surface area contributed by atoms with Gasteiger partial charge in [0.05, 0.1) is 45.8 Å². The first kappa shape index (κ1) is 40.8. The number of ether oxygens (including phenoxy) is 2. The maximum absolute atomic E-state index is 6.57. The molecule has 2 fully saturated rings. The third-order valence-electron chi connectivity index (χ3n) is 10.1. The van der Waals surface area contributed by atoms with Crippen molar-refractivity contribution in [2.75, 3.05) is 24.9 Å². The summed E-state index contributed by atoms with van der Waals surface area (Å²) in [6.45, 7) is 2.06. The van der Waals surface area contributed by atoms with Crippen LogP contribution in [0.3, 0.4) is 0 Å². The Hall–Kier alpha value is -3.83. The van der Waals surface area contributed by atoms with Gasteiger partial charge in [-0.1, -0.05) is 84.2 Å². The molecule has 290 valence electrons. The summed E-state index contributed by atoms with van der Waals surface area (Å²) in [6, 6.07) is 23.8. The van der Waals surface area contributed by atoms with Crippen LogP contribution in [0.5, 0.6) is 11.5 Å². The standard InChI is InChI=1S/C26H26Cl2N4O.C10H7Cl2NO.C6H14N2/c1-15-7-9-17-19(27)13-25(31-23(17)11-15)29-21-5-3-4-6-22(21)30-26-14-20(28)18-10-8-16(33-2)12-24(18)32-26;1-14-6-2-3-7-8(11)5-10(12)13-9(7)4-6;7-5-3-1-2-4-6(5)8/h7-14,21-22H,3-6H2,1-2H3,(H,29,31)(H,30,32);2-5H,1H3;5-6H,1-4,7-8H2/t21-,22-;;5-,6-/m1.1/s1. The number of aryl methyl sites for hydroxylation is 1. The summed E-state index contributed by atoms with van der Waals surface area (Å²) in [4.78, 5) is 13.8. The van der Waals surface area contributed by atoms with Crippen molar-refractivity contribution in [2.45, 2.75) is 82.5 Å². The fourth-order valence-corrected chi connectivity index (χ4v) is 8.09. The Bertz CT molecular complexity index is 2250. The second kappa shape index (κ2) is 18.9. The maximum Gasteiger partial charge on any atom is 0.131 e. The van der Waals surface area contributed by atoms with E-state index in [0.29, 0.717) is 20.2 Å². The first-order valence-corrected chi connectivity index (χ1v) is 20.1. The summed E-state index contributed by atoms with van der Waals surface area (Å²) in [5, 5.41) is 12.4. The molecule has 55 heavy (non-hydrogen) atoms. The molecule has 3 aromatic heterocycles. The van der Waals surface area contributed by atoms with Gasteiger partial charge in [0.25, 0.3) is 0 Å². The molecule has 0 saturated heterocycles. The van der Waals surface area contributed by atoms with E-state index in [1.54, 1.807) is 26.4 Å². The van der Waals surface area contributed by atoms with Crippen molar-refractivity contribution in [3.63, 3.8) is 0 Å². The van der Waals surface area contributed by atoms with Gasteiger partial charge >= 0.3 is 0 Å². The highest BCUT2D eigenvalue weighted by molar-refractivity contribution is 6.38. The van der Waals surface area contributed by atoms with Crippen molar-refractivity contribution < 1.29 is 9.47 Å². The van der Waals surface area contributed by atoms with E-state index in [1.807, 2.05) is 48.5 Å². The number of nitrogens with one attached hydrogen (secondary N) is 2. The number of benzene rings is 3. The van der Waals surface area contributed by atoms with E-state index in [4.69, 9.17) is 77.3 Å². The number of nitrogens with zero attached hydrogens (tertiary/aromatic N) is 3. The minimum atomic E-state index is 0.194. The Balaban J connectivity index is 0.000000190. The minimum Gasteiger partial charge on any atom is -0.497 e. The molecule has 4 atom stereocenters. The van der Waals surface area contributed by atoms with E-state index in [9.17, 15) is 0 Å². The number of fused-ring (bicyclic) bond motifs is 3. The largest absolute Gasteiger partial charge is 0.497 e. The van der Waals surface area contributed by atoms with Crippen LogP contribution >= 0.6 is 46.4 Å². The van der Waals surface area contributed by atoms with Gasteiger partial charge in [-0.2, -0.15) is 0 Å². The van der Waals surface area contributed by atoms with Crippen molar-refractivity contribution in [2.24, 2.45) is 11.5 Å². The highest BCUT2D eigenvalue weighted by atomic mass is 35.5. The van der Waals surface area contributed by atoms with Crippen LogP contribution in [0.25, 0.3) is 32.7 Å². The van der Waals surface area contributed by atoms with Crippen LogP contribution in [-0.2, 0) is 0 Å². The molecule has 0 radical (unpaired) electrons. The van der Waals surface area contributed by atoms with Gasteiger partial charge in [0, 0.05) is 52.5 Å². The monoisotopic (exact) mass is 821 g/mol. The van der Waals surface area contributed by atoms with Gasteiger partial charge in [0.2, 0.25) is 0 Å². The van der Waals surface area contributed by atoms with Crippen LogP contribution in [0, 0.1) is 6.92 Å². The van der Waals surface area contributed by atoms with E-state index >= 15 is 0 Å². The molecule has 0 spiro atoms. The van der Waals surface area contributed by atoms with E-state index in [2.05, 4.69) is 34.7 Å². The lowest BCUT2D eigenvalue weighted by atomic mass is 9.90. The van der Waals surface area contributed by atoms with Crippen LogP contribution in [-0.4, -0.2) is 53.3 Å². The average molecular weight is 824 g/mol. The second-order valence-electron chi connectivity index (χ2n) is 14.1. The van der Waals surface area contributed by atoms with Gasteiger partial charge in [-0.15, -0.1) is 0 Å². The smallest absolute Gasteiger partial charge is 0.131 e. The average Bonchev–Trinajstić information content (AvgIpc) is 3.16. The van der Waals surface area contributed by atoms with E-state index < -0.39 is 0 Å². The Kier molecular flexibility index (Phi) is 14.0. The minimum absolute atomic E-state index is 0.194. The number of nitrogens with two attached hydrogens (primary N) is 2. The molecule has 6 N–H and O–H groups in total. The molecule has 3 aromatic carbocycles.